The van der Waals surface area contributed by atoms with Crippen LogP contribution in [0.2, 0.25) is 0 Å². The van der Waals surface area contributed by atoms with Crippen LogP contribution in [-0.2, 0) is 25.7 Å². The molecule has 0 aliphatic carbocycles. The third-order valence-electron chi connectivity index (χ3n) is 1.72. The summed E-state index contributed by atoms with van der Waals surface area (Å²) in [7, 11) is -7.49. The Balaban J connectivity index is 2.90. The number of halogens is 1. The zero-order chi connectivity index (χ0) is 13.1. The fraction of sp³-hybridized carbons (Fsp3) is 0.333. The summed E-state index contributed by atoms with van der Waals surface area (Å²) in [4.78, 5) is 0. The lowest BCUT2D eigenvalue weighted by Crippen LogP contribution is -2.22. The Bertz CT molecular complexity index is 595. The van der Waals surface area contributed by atoms with Crippen molar-refractivity contribution in [2.75, 3.05) is 16.1 Å². The second-order valence-electron chi connectivity index (χ2n) is 3.59. The Hall–Kier alpha value is -0.790. The molecule has 0 heterocycles. The number of alkyl halides is 1. The minimum atomic E-state index is -3.90. The molecule has 0 aromatic heterocycles. The second-order valence-corrected chi connectivity index (χ2v) is 8.09. The van der Waals surface area contributed by atoms with E-state index in [4.69, 9.17) is 11.6 Å². The molecular weight excluding hydrogens is 286 g/mol. The second kappa shape index (κ2) is 5.24. The highest BCUT2D eigenvalue weighted by Gasteiger charge is 2.17. The number of hydrogen-bond acceptors (Lipinski definition) is 4. The maximum atomic E-state index is 11.5. The van der Waals surface area contributed by atoms with Gasteiger partial charge in [-0.25, -0.2) is 16.8 Å². The monoisotopic (exact) mass is 297 g/mol. The van der Waals surface area contributed by atoms with Crippen molar-refractivity contribution in [3.63, 3.8) is 0 Å². The molecule has 0 unspecified atom stereocenters. The van der Waals surface area contributed by atoms with E-state index in [0.29, 0.717) is 5.69 Å². The molecule has 0 radical (unpaired) electrons. The van der Waals surface area contributed by atoms with Gasteiger partial charge in [0.25, 0.3) is 0 Å². The van der Waals surface area contributed by atoms with Gasteiger partial charge in [-0.3, -0.25) is 4.72 Å². The number of sulfone groups is 1. The van der Waals surface area contributed by atoms with Crippen LogP contribution in [0.1, 0.15) is 5.56 Å². The van der Waals surface area contributed by atoms with Gasteiger partial charge in [0.1, 0.15) is 0 Å². The molecule has 1 aromatic carbocycles. The van der Waals surface area contributed by atoms with Crippen LogP contribution >= 0.6 is 11.6 Å². The van der Waals surface area contributed by atoms with Gasteiger partial charge < -0.3 is 0 Å². The highest BCUT2D eigenvalue weighted by Crippen LogP contribution is 2.14. The van der Waals surface area contributed by atoms with Crippen LogP contribution in [0.3, 0.4) is 0 Å². The Morgan fingerprint density at radius 1 is 1.24 bits per heavy atom. The molecular formula is C9H12ClNO4S2. The molecule has 1 rings (SSSR count). The van der Waals surface area contributed by atoms with Crippen LogP contribution in [0.4, 0.5) is 5.69 Å². The SMILES string of the molecule is CS(=O)(=O)CS(=O)(=O)Nc1cccc(CCl)c1. The van der Waals surface area contributed by atoms with Gasteiger partial charge in [-0.15, -0.1) is 11.6 Å². The van der Waals surface area contributed by atoms with Gasteiger partial charge in [-0.05, 0) is 17.7 Å². The maximum Gasteiger partial charge on any atom is 0.247 e. The highest BCUT2D eigenvalue weighted by molar-refractivity contribution is 8.08. The van der Waals surface area contributed by atoms with Crippen molar-refractivity contribution < 1.29 is 16.8 Å². The Labute approximate surface area is 106 Å². The average molecular weight is 298 g/mol. The fourth-order valence-corrected chi connectivity index (χ4v) is 4.35. The molecule has 1 aromatic rings. The van der Waals surface area contributed by atoms with E-state index in [-0.39, 0.29) is 5.88 Å². The van der Waals surface area contributed by atoms with Gasteiger partial charge in [-0.1, -0.05) is 12.1 Å². The number of hydrogen-bond donors (Lipinski definition) is 1. The summed E-state index contributed by atoms with van der Waals surface area (Å²) in [5.41, 5.74) is 1.04. The number of benzene rings is 1. The van der Waals surface area contributed by atoms with E-state index >= 15 is 0 Å². The zero-order valence-corrected chi connectivity index (χ0v) is 11.4. The van der Waals surface area contributed by atoms with Crippen LogP contribution in [-0.4, -0.2) is 28.2 Å². The van der Waals surface area contributed by atoms with Crippen LogP contribution in [0.5, 0.6) is 0 Å². The lowest BCUT2D eigenvalue weighted by atomic mass is 10.2. The minimum Gasteiger partial charge on any atom is -0.283 e. The third-order valence-corrected chi connectivity index (χ3v) is 5.53. The quantitative estimate of drug-likeness (QED) is 0.827. The number of sulfonamides is 1. The van der Waals surface area contributed by atoms with E-state index in [9.17, 15) is 16.8 Å². The summed E-state index contributed by atoms with van der Waals surface area (Å²) in [6, 6.07) is 6.44. The van der Waals surface area contributed by atoms with Crippen molar-refractivity contribution >= 4 is 37.1 Å². The van der Waals surface area contributed by atoms with Crippen LogP contribution in [0.15, 0.2) is 24.3 Å². The summed E-state index contributed by atoms with van der Waals surface area (Å²) in [6.45, 7) is 0. The van der Waals surface area contributed by atoms with E-state index < -0.39 is 24.9 Å². The first kappa shape index (κ1) is 14.3. The Morgan fingerprint density at radius 3 is 2.41 bits per heavy atom. The van der Waals surface area contributed by atoms with Gasteiger partial charge in [0.05, 0.1) is 0 Å². The summed E-state index contributed by atoms with van der Waals surface area (Å²) in [5, 5.41) is -0.939. The van der Waals surface area contributed by atoms with Crippen molar-refractivity contribution in [1.29, 1.82) is 0 Å². The molecule has 0 amide bonds. The minimum absolute atomic E-state index is 0.252. The predicted molar refractivity (Wildman–Crippen MR) is 68.3 cm³/mol. The summed E-state index contributed by atoms with van der Waals surface area (Å²) < 4.78 is 47.0. The summed E-state index contributed by atoms with van der Waals surface area (Å²) >= 11 is 5.60. The third kappa shape index (κ3) is 5.38. The molecule has 17 heavy (non-hydrogen) atoms. The first-order valence-corrected chi connectivity index (χ1v) is 8.80. The van der Waals surface area contributed by atoms with E-state index in [1.54, 1.807) is 18.2 Å². The molecule has 0 atom stereocenters. The first-order valence-electron chi connectivity index (χ1n) is 4.55. The van der Waals surface area contributed by atoms with Crippen molar-refractivity contribution in [3.05, 3.63) is 29.8 Å². The topological polar surface area (TPSA) is 80.3 Å². The first-order chi connectivity index (χ1) is 7.72. The van der Waals surface area contributed by atoms with Crippen molar-refractivity contribution in [2.24, 2.45) is 0 Å². The highest BCUT2D eigenvalue weighted by atomic mass is 35.5. The molecule has 5 nitrogen and oxygen atoms in total. The van der Waals surface area contributed by atoms with Crippen LogP contribution < -0.4 is 4.72 Å². The molecule has 0 saturated carbocycles. The van der Waals surface area contributed by atoms with Crippen molar-refractivity contribution in [2.45, 2.75) is 5.88 Å². The predicted octanol–water partition coefficient (Wildman–Crippen LogP) is 1.17. The summed E-state index contributed by atoms with van der Waals surface area (Å²) in [5.74, 6) is 0.252. The Morgan fingerprint density at radius 2 is 1.88 bits per heavy atom. The normalized spacial score (nSPS) is 12.4. The van der Waals surface area contributed by atoms with Gasteiger partial charge in [0.15, 0.2) is 14.9 Å². The van der Waals surface area contributed by atoms with E-state index in [0.717, 1.165) is 11.8 Å². The standard InChI is InChI=1S/C9H12ClNO4S2/c1-16(12,13)7-17(14,15)11-9-4-2-3-8(5-9)6-10/h2-5,11H,6-7H2,1H3. The smallest absolute Gasteiger partial charge is 0.247 e. The fourth-order valence-electron chi connectivity index (χ4n) is 1.21. The lowest BCUT2D eigenvalue weighted by molar-refractivity contribution is 0.595. The molecule has 0 bridgehead atoms. The zero-order valence-electron chi connectivity index (χ0n) is 9.05. The molecule has 0 aliphatic rings. The van der Waals surface area contributed by atoms with Gasteiger partial charge in [0.2, 0.25) is 10.0 Å². The molecule has 96 valence electrons. The molecule has 0 aliphatic heterocycles. The van der Waals surface area contributed by atoms with Crippen LogP contribution in [0, 0.1) is 0 Å². The van der Waals surface area contributed by atoms with Gasteiger partial charge in [0, 0.05) is 17.8 Å². The summed E-state index contributed by atoms with van der Waals surface area (Å²) in [6.07, 6.45) is 0.863. The molecule has 8 heteroatoms. The number of anilines is 1. The molecule has 0 spiro atoms. The average Bonchev–Trinajstić information content (AvgIpc) is 2.13. The van der Waals surface area contributed by atoms with Gasteiger partial charge in [-0.2, -0.15) is 0 Å². The largest absolute Gasteiger partial charge is 0.283 e. The number of nitrogens with one attached hydrogen (secondary N) is 1. The van der Waals surface area contributed by atoms with Crippen molar-refractivity contribution in [3.8, 4) is 0 Å². The van der Waals surface area contributed by atoms with Crippen molar-refractivity contribution in [1.82, 2.24) is 0 Å². The molecule has 1 N–H and O–H groups in total. The maximum absolute atomic E-state index is 11.5. The van der Waals surface area contributed by atoms with E-state index in [2.05, 4.69) is 4.72 Å². The Kier molecular flexibility index (Phi) is 4.40. The van der Waals surface area contributed by atoms with E-state index in [1.807, 2.05) is 0 Å². The van der Waals surface area contributed by atoms with Gasteiger partial charge >= 0.3 is 0 Å². The molecule has 0 saturated heterocycles. The van der Waals surface area contributed by atoms with E-state index in [1.165, 1.54) is 6.07 Å². The molecule has 0 fully saturated rings. The number of rotatable bonds is 5. The van der Waals surface area contributed by atoms with Crippen LogP contribution in [0.25, 0.3) is 0 Å². The lowest BCUT2D eigenvalue weighted by Gasteiger charge is -2.07.